The van der Waals surface area contributed by atoms with Crippen molar-refractivity contribution in [1.29, 1.82) is 0 Å². The molecule has 14 heavy (non-hydrogen) atoms. The quantitative estimate of drug-likeness (QED) is 0.643. The SMILES string of the molecule is CC1CN(c2nn[nH]n2)CC(C)C1O. The lowest BCUT2D eigenvalue weighted by atomic mass is 9.89. The maximum atomic E-state index is 9.77. The summed E-state index contributed by atoms with van der Waals surface area (Å²) in [6, 6.07) is 0. The summed E-state index contributed by atoms with van der Waals surface area (Å²) < 4.78 is 0. The molecule has 0 aliphatic carbocycles. The minimum Gasteiger partial charge on any atom is -0.392 e. The normalized spacial score (nSPS) is 33.4. The Labute approximate surface area is 82.3 Å². The molecule has 78 valence electrons. The summed E-state index contributed by atoms with van der Waals surface area (Å²) >= 11 is 0. The minimum absolute atomic E-state index is 0.224. The van der Waals surface area contributed by atoms with Crippen molar-refractivity contribution in [3.63, 3.8) is 0 Å². The van der Waals surface area contributed by atoms with Gasteiger partial charge in [0.05, 0.1) is 6.10 Å². The van der Waals surface area contributed by atoms with Gasteiger partial charge < -0.3 is 10.0 Å². The summed E-state index contributed by atoms with van der Waals surface area (Å²) in [6.45, 7) is 5.64. The lowest BCUT2D eigenvalue weighted by molar-refractivity contribution is 0.0525. The van der Waals surface area contributed by atoms with Gasteiger partial charge in [-0.3, -0.25) is 0 Å². The molecule has 6 heteroatoms. The molecule has 0 spiro atoms. The van der Waals surface area contributed by atoms with E-state index in [1.54, 1.807) is 0 Å². The van der Waals surface area contributed by atoms with Gasteiger partial charge in [0.2, 0.25) is 0 Å². The Bertz CT molecular complexity index is 276. The van der Waals surface area contributed by atoms with Gasteiger partial charge in [0.15, 0.2) is 0 Å². The van der Waals surface area contributed by atoms with Crippen LogP contribution < -0.4 is 4.90 Å². The fourth-order valence-corrected chi connectivity index (χ4v) is 2.00. The van der Waals surface area contributed by atoms with Crippen LogP contribution in [0.2, 0.25) is 0 Å². The first kappa shape index (κ1) is 9.39. The van der Waals surface area contributed by atoms with Crippen LogP contribution in [0.3, 0.4) is 0 Å². The van der Waals surface area contributed by atoms with E-state index in [4.69, 9.17) is 0 Å². The lowest BCUT2D eigenvalue weighted by Gasteiger charge is -2.37. The Kier molecular flexibility index (Phi) is 2.37. The standard InChI is InChI=1S/C8H15N5O/c1-5-3-13(4-6(2)7(5)14)8-9-11-12-10-8/h5-7,14H,3-4H2,1-2H3,(H,9,10,11,12). The molecule has 1 aliphatic rings. The first-order valence-electron chi connectivity index (χ1n) is 4.85. The molecule has 0 saturated carbocycles. The molecule has 1 aliphatic heterocycles. The summed E-state index contributed by atoms with van der Waals surface area (Å²) in [5.74, 6) is 1.12. The van der Waals surface area contributed by atoms with Crippen molar-refractivity contribution in [3.8, 4) is 0 Å². The Balaban J connectivity index is 2.10. The van der Waals surface area contributed by atoms with Crippen LogP contribution in [0.1, 0.15) is 13.8 Å². The van der Waals surface area contributed by atoms with Gasteiger partial charge in [-0.25, -0.2) is 0 Å². The number of aromatic amines is 1. The number of aliphatic hydroxyl groups is 1. The van der Waals surface area contributed by atoms with Crippen LogP contribution in [0, 0.1) is 11.8 Å². The van der Waals surface area contributed by atoms with Crippen LogP contribution in [0.25, 0.3) is 0 Å². The number of H-pyrrole nitrogens is 1. The fourth-order valence-electron chi connectivity index (χ4n) is 2.00. The number of piperidine rings is 1. The van der Waals surface area contributed by atoms with E-state index in [-0.39, 0.29) is 17.9 Å². The number of tetrazole rings is 1. The molecule has 1 fully saturated rings. The lowest BCUT2D eigenvalue weighted by Crippen LogP contribution is -2.47. The van der Waals surface area contributed by atoms with Gasteiger partial charge in [-0.05, 0) is 17.0 Å². The van der Waals surface area contributed by atoms with Crippen LogP contribution in [-0.2, 0) is 0 Å². The third-order valence-electron chi connectivity index (χ3n) is 2.80. The van der Waals surface area contributed by atoms with E-state index in [0.29, 0.717) is 5.95 Å². The van der Waals surface area contributed by atoms with Crippen molar-refractivity contribution in [2.45, 2.75) is 20.0 Å². The number of hydrogen-bond donors (Lipinski definition) is 2. The van der Waals surface area contributed by atoms with Gasteiger partial charge in [-0.1, -0.05) is 18.9 Å². The minimum atomic E-state index is -0.224. The highest BCUT2D eigenvalue weighted by Gasteiger charge is 2.31. The third-order valence-corrected chi connectivity index (χ3v) is 2.80. The zero-order chi connectivity index (χ0) is 10.1. The first-order chi connectivity index (χ1) is 6.68. The van der Waals surface area contributed by atoms with Crippen molar-refractivity contribution in [2.24, 2.45) is 11.8 Å². The number of nitrogens with zero attached hydrogens (tertiary/aromatic N) is 4. The van der Waals surface area contributed by atoms with Gasteiger partial charge >= 0.3 is 0 Å². The molecule has 2 rings (SSSR count). The summed E-state index contributed by atoms with van der Waals surface area (Å²) in [6.07, 6.45) is -0.224. The molecular formula is C8H15N5O. The van der Waals surface area contributed by atoms with E-state index in [9.17, 15) is 5.11 Å². The second-order valence-corrected chi connectivity index (χ2v) is 4.06. The van der Waals surface area contributed by atoms with E-state index < -0.39 is 0 Å². The summed E-state index contributed by atoms with van der Waals surface area (Å²) in [5, 5.41) is 23.6. The molecule has 1 aromatic rings. The first-order valence-corrected chi connectivity index (χ1v) is 4.85. The van der Waals surface area contributed by atoms with Crippen molar-refractivity contribution in [1.82, 2.24) is 20.6 Å². The zero-order valence-corrected chi connectivity index (χ0v) is 8.38. The molecular weight excluding hydrogens is 182 g/mol. The van der Waals surface area contributed by atoms with Gasteiger partial charge in [0.1, 0.15) is 0 Å². The van der Waals surface area contributed by atoms with Gasteiger partial charge in [-0.2, -0.15) is 5.21 Å². The Morgan fingerprint density at radius 3 is 2.50 bits per heavy atom. The van der Waals surface area contributed by atoms with Crippen LogP contribution in [0.15, 0.2) is 0 Å². The van der Waals surface area contributed by atoms with Crippen LogP contribution >= 0.6 is 0 Å². The Morgan fingerprint density at radius 2 is 2.00 bits per heavy atom. The van der Waals surface area contributed by atoms with Crippen molar-refractivity contribution in [3.05, 3.63) is 0 Å². The maximum absolute atomic E-state index is 9.77. The van der Waals surface area contributed by atoms with Gasteiger partial charge in [-0.15, -0.1) is 5.10 Å². The van der Waals surface area contributed by atoms with E-state index >= 15 is 0 Å². The molecule has 2 heterocycles. The highest BCUT2D eigenvalue weighted by atomic mass is 16.3. The van der Waals surface area contributed by atoms with Crippen LogP contribution in [-0.4, -0.2) is 44.9 Å². The second kappa shape index (κ2) is 3.53. The number of rotatable bonds is 1. The summed E-state index contributed by atoms with van der Waals surface area (Å²) in [7, 11) is 0. The van der Waals surface area contributed by atoms with Crippen molar-refractivity contribution >= 4 is 5.95 Å². The number of anilines is 1. The van der Waals surface area contributed by atoms with Gasteiger partial charge in [0.25, 0.3) is 5.95 Å². The van der Waals surface area contributed by atoms with Crippen molar-refractivity contribution in [2.75, 3.05) is 18.0 Å². The smallest absolute Gasteiger partial charge is 0.265 e. The van der Waals surface area contributed by atoms with E-state index in [1.165, 1.54) is 0 Å². The highest BCUT2D eigenvalue weighted by molar-refractivity contribution is 5.27. The third kappa shape index (κ3) is 1.57. The molecule has 0 bridgehead atoms. The summed E-state index contributed by atoms with van der Waals surface area (Å²) in [4.78, 5) is 2.05. The molecule has 1 saturated heterocycles. The van der Waals surface area contributed by atoms with Crippen molar-refractivity contribution < 1.29 is 5.11 Å². The average Bonchev–Trinajstić information content (AvgIpc) is 2.66. The monoisotopic (exact) mass is 197 g/mol. The van der Waals surface area contributed by atoms with Gasteiger partial charge in [0, 0.05) is 13.1 Å². The predicted octanol–water partition coefficient (Wildman–Crippen LogP) is -0.347. The Hall–Kier alpha value is -1.17. The fraction of sp³-hybridized carbons (Fsp3) is 0.875. The van der Waals surface area contributed by atoms with Crippen LogP contribution in [0.4, 0.5) is 5.95 Å². The van der Waals surface area contributed by atoms with E-state index in [1.807, 2.05) is 18.7 Å². The Morgan fingerprint density at radius 1 is 1.36 bits per heavy atom. The molecule has 0 amide bonds. The maximum Gasteiger partial charge on any atom is 0.265 e. The number of hydrogen-bond acceptors (Lipinski definition) is 5. The average molecular weight is 197 g/mol. The van der Waals surface area contributed by atoms with Crippen LogP contribution in [0.5, 0.6) is 0 Å². The largest absolute Gasteiger partial charge is 0.392 e. The molecule has 2 atom stereocenters. The highest BCUT2D eigenvalue weighted by Crippen LogP contribution is 2.23. The number of nitrogens with one attached hydrogen (secondary N) is 1. The summed E-state index contributed by atoms with van der Waals surface area (Å²) in [5.41, 5.74) is 0. The molecule has 2 unspecified atom stereocenters. The molecule has 0 aromatic carbocycles. The number of aliphatic hydroxyl groups excluding tert-OH is 1. The molecule has 0 radical (unpaired) electrons. The molecule has 2 N–H and O–H groups in total. The zero-order valence-electron chi connectivity index (χ0n) is 8.38. The number of aromatic nitrogens is 4. The molecule has 1 aromatic heterocycles. The molecule has 6 nitrogen and oxygen atoms in total. The second-order valence-electron chi connectivity index (χ2n) is 4.06. The van der Waals surface area contributed by atoms with E-state index in [2.05, 4.69) is 20.6 Å². The predicted molar refractivity (Wildman–Crippen MR) is 50.7 cm³/mol. The van der Waals surface area contributed by atoms with E-state index in [0.717, 1.165) is 13.1 Å². The topological polar surface area (TPSA) is 77.9 Å².